The highest BCUT2D eigenvalue weighted by Gasteiger charge is 2.28. The minimum atomic E-state index is -0.256. The summed E-state index contributed by atoms with van der Waals surface area (Å²) in [5.41, 5.74) is 1.81. The predicted octanol–water partition coefficient (Wildman–Crippen LogP) is 3.15. The third-order valence-corrected chi connectivity index (χ3v) is 7.61. The molecule has 1 saturated heterocycles. The van der Waals surface area contributed by atoms with E-state index in [1.807, 2.05) is 4.90 Å². The molecule has 1 fully saturated rings. The van der Waals surface area contributed by atoms with E-state index in [1.54, 1.807) is 34.4 Å². The van der Waals surface area contributed by atoms with Crippen LogP contribution in [0.15, 0.2) is 35.7 Å². The fourth-order valence-corrected chi connectivity index (χ4v) is 5.44. The third-order valence-electron chi connectivity index (χ3n) is 6.58. The normalized spacial score (nSPS) is 16.4. The Hall–Kier alpha value is -2.74. The molecule has 2 aromatic rings. The van der Waals surface area contributed by atoms with Crippen molar-refractivity contribution >= 4 is 29.1 Å². The van der Waals surface area contributed by atoms with Gasteiger partial charge in [0.25, 0.3) is 0 Å². The Balaban J connectivity index is 1.14. The summed E-state index contributed by atoms with van der Waals surface area (Å²) < 4.78 is 13.7. The second kappa shape index (κ2) is 10.9. The number of nitrogens with one attached hydrogen (secondary N) is 1. The van der Waals surface area contributed by atoms with Crippen LogP contribution in [0.4, 0.5) is 4.39 Å². The molecule has 33 heavy (non-hydrogen) atoms. The van der Waals surface area contributed by atoms with Crippen LogP contribution in [-0.4, -0.2) is 53.7 Å². The number of halogens is 1. The molecule has 6 nitrogen and oxygen atoms in total. The second-order valence-electron chi connectivity index (χ2n) is 8.72. The first-order chi connectivity index (χ1) is 16.0. The van der Waals surface area contributed by atoms with E-state index in [0.717, 1.165) is 13.0 Å². The molecule has 0 unspecified atom stereocenters. The summed E-state index contributed by atoms with van der Waals surface area (Å²) in [4.78, 5) is 42.6. The van der Waals surface area contributed by atoms with Crippen LogP contribution in [0.25, 0.3) is 0 Å². The van der Waals surface area contributed by atoms with Gasteiger partial charge in [-0.1, -0.05) is 18.2 Å². The lowest BCUT2D eigenvalue weighted by Gasteiger charge is -2.32. The number of hydrogen-bond acceptors (Lipinski definition) is 4. The molecule has 0 spiro atoms. The van der Waals surface area contributed by atoms with Gasteiger partial charge in [-0.05, 0) is 54.3 Å². The maximum absolute atomic E-state index is 13.7. The first-order valence-electron chi connectivity index (χ1n) is 11.6. The molecular formula is C25H30FN3O3S. The lowest BCUT2D eigenvalue weighted by Crippen LogP contribution is -2.43. The molecule has 3 heterocycles. The highest BCUT2D eigenvalue weighted by atomic mass is 32.1. The molecule has 4 rings (SSSR count). The average Bonchev–Trinajstić information content (AvgIpc) is 3.31. The van der Waals surface area contributed by atoms with Gasteiger partial charge in [0.05, 0.1) is 0 Å². The van der Waals surface area contributed by atoms with Crippen molar-refractivity contribution in [2.24, 2.45) is 5.92 Å². The Morgan fingerprint density at radius 1 is 1.00 bits per heavy atom. The lowest BCUT2D eigenvalue weighted by molar-refractivity contribution is -0.139. The van der Waals surface area contributed by atoms with Gasteiger partial charge in [-0.25, -0.2) is 4.39 Å². The zero-order valence-electron chi connectivity index (χ0n) is 18.7. The summed E-state index contributed by atoms with van der Waals surface area (Å²) in [6.07, 6.45) is 3.01. The number of nitrogens with zero attached hydrogens (tertiary/aromatic N) is 2. The fourth-order valence-electron chi connectivity index (χ4n) is 4.55. The summed E-state index contributed by atoms with van der Waals surface area (Å²) in [6.45, 7) is 2.81. The number of rotatable bonds is 7. The molecule has 1 N–H and O–H groups in total. The van der Waals surface area contributed by atoms with Crippen molar-refractivity contribution in [1.29, 1.82) is 0 Å². The molecule has 0 aliphatic carbocycles. The zero-order valence-corrected chi connectivity index (χ0v) is 19.5. The molecule has 0 atom stereocenters. The largest absolute Gasteiger partial charge is 0.356 e. The molecule has 0 bridgehead atoms. The summed E-state index contributed by atoms with van der Waals surface area (Å²) >= 11 is 1.74. The quantitative estimate of drug-likeness (QED) is 0.675. The number of hydrogen-bond donors (Lipinski definition) is 1. The Labute approximate surface area is 197 Å². The molecular weight excluding hydrogens is 441 g/mol. The van der Waals surface area contributed by atoms with Gasteiger partial charge in [0.1, 0.15) is 5.82 Å². The Morgan fingerprint density at radius 3 is 2.48 bits per heavy atom. The van der Waals surface area contributed by atoms with Crippen LogP contribution in [-0.2, 0) is 33.8 Å². The van der Waals surface area contributed by atoms with E-state index in [-0.39, 0.29) is 42.3 Å². The van der Waals surface area contributed by atoms with Crippen molar-refractivity contribution in [3.05, 3.63) is 57.5 Å². The van der Waals surface area contributed by atoms with Gasteiger partial charge in [-0.3, -0.25) is 14.4 Å². The van der Waals surface area contributed by atoms with Crippen molar-refractivity contribution in [1.82, 2.24) is 15.1 Å². The molecule has 0 saturated carbocycles. The van der Waals surface area contributed by atoms with Gasteiger partial charge in [-0.15, -0.1) is 11.3 Å². The molecule has 8 heteroatoms. The van der Waals surface area contributed by atoms with Crippen LogP contribution in [0.1, 0.15) is 41.7 Å². The Morgan fingerprint density at radius 2 is 1.73 bits per heavy atom. The van der Waals surface area contributed by atoms with Crippen molar-refractivity contribution in [3.63, 3.8) is 0 Å². The number of thiophene rings is 1. The fraction of sp³-hybridized carbons (Fsp3) is 0.480. The molecule has 2 aliphatic rings. The van der Waals surface area contributed by atoms with Gasteiger partial charge in [-0.2, -0.15) is 0 Å². The molecule has 1 aromatic carbocycles. The number of fused-ring (bicyclic) bond motifs is 1. The highest BCUT2D eigenvalue weighted by molar-refractivity contribution is 7.10. The topological polar surface area (TPSA) is 69.7 Å². The Kier molecular flexibility index (Phi) is 7.75. The van der Waals surface area contributed by atoms with E-state index in [0.29, 0.717) is 51.0 Å². The van der Waals surface area contributed by atoms with Crippen molar-refractivity contribution < 1.29 is 18.8 Å². The maximum atomic E-state index is 13.7. The monoisotopic (exact) mass is 471 g/mol. The van der Waals surface area contributed by atoms with Gasteiger partial charge in [0, 0.05) is 56.4 Å². The van der Waals surface area contributed by atoms with Crippen LogP contribution < -0.4 is 5.32 Å². The molecule has 0 radical (unpaired) electrons. The zero-order chi connectivity index (χ0) is 23.2. The van der Waals surface area contributed by atoms with Crippen LogP contribution in [0, 0.1) is 11.7 Å². The van der Waals surface area contributed by atoms with E-state index in [2.05, 4.69) is 16.8 Å². The van der Waals surface area contributed by atoms with Crippen molar-refractivity contribution in [2.75, 3.05) is 26.2 Å². The smallest absolute Gasteiger partial charge is 0.223 e. The summed E-state index contributed by atoms with van der Waals surface area (Å²) in [6, 6.07) is 8.65. The summed E-state index contributed by atoms with van der Waals surface area (Å²) in [5.74, 6) is -0.413. The standard InChI is InChI=1S/C25H30FN3O3S/c26-21-4-2-1-3-18(21)7-12-27-25(32)19-8-13-28(14-9-19)23(30)5-6-24(31)29-15-10-22-20(17-29)11-16-33-22/h1-4,11,16,19H,5-10,12-15,17H2,(H,27,32). The number of piperidine rings is 1. The van der Waals surface area contributed by atoms with Crippen LogP contribution >= 0.6 is 11.3 Å². The SMILES string of the molecule is O=C(NCCc1ccccc1F)C1CCN(C(=O)CCC(=O)N2CCc3sccc3C2)CC1. The second-order valence-corrected chi connectivity index (χ2v) is 9.72. The van der Waals surface area contributed by atoms with E-state index in [4.69, 9.17) is 0 Å². The molecule has 2 aliphatic heterocycles. The lowest BCUT2D eigenvalue weighted by atomic mass is 9.95. The number of carbonyl (C=O) groups is 3. The predicted molar refractivity (Wildman–Crippen MR) is 125 cm³/mol. The molecule has 176 valence electrons. The van der Waals surface area contributed by atoms with Crippen molar-refractivity contribution in [3.8, 4) is 0 Å². The number of likely N-dealkylation sites (tertiary alicyclic amines) is 1. The first kappa shape index (κ1) is 23.4. The number of amides is 3. The van der Waals surface area contributed by atoms with Crippen LogP contribution in [0.3, 0.4) is 0 Å². The van der Waals surface area contributed by atoms with E-state index < -0.39 is 0 Å². The Bertz CT molecular complexity index is 1000. The number of carbonyl (C=O) groups excluding carboxylic acids is 3. The third kappa shape index (κ3) is 5.99. The summed E-state index contributed by atoms with van der Waals surface area (Å²) in [5, 5.41) is 4.96. The van der Waals surface area contributed by atoms with Gasteiger partial charge in [0.2, 0.25) is 17.7 Å². The van der Waals surface area contributed by atoms with Crippen LogP contribution in [0.5, 0.6) is 0 Å². The first-order valence-corrected chi connectivity index (χ1v) is 12.5. The van der Waals surface area contributed by atoms with E-state index >= 15 is 0 Å². The summed E-state index contributed by atoms with van der Waals surface area (Å²) in [7, 11) is 0. The van der Waals surface area contributed by atoms with E-state index in [1.165, 1.54) is 16.5 Å². The highest BCUT2D eigenvalue weighted by Crippen LogP contribution is 2.25. The van der Waals surface area contributed by atoms with E-state index in [9.17, 15) is 18.8 Å². The molecule has 3 amide bonds. The van der Waals surface area contributed by atoms with Crippen LogP contribution in [0.2, 0.25) is 0 Å². The van der Waals surface area contributed by atoms with Gasteiger partial charge < -0.3 is 15.1 Å². The van der Waals surface area contributed by atoms with Crippen molar-refractivity contribution in [2.45, 2.75) is 45.1 Å². The molecule has 1 aromatic heterocycles. The minimum absolute atomic E-state index is 0.0185. The van der Waals surface area contributed by atoms with Gasteiger partial charge >= 0.3 is 0 Å². The number of benzene rings is 1. The van der Waals surface area contributed by atoms with Gasteiger partial charge in [0.15, 0.2) is 0 Å². The minimum Gasteiger partial charge on any atom is -0.356 e. The average molecular weight is 472 g/mol. The maximum Gasteiger partial charge on any atom is 0.223 e.